The minimum atomic E-state index is -0.00884. The van der Waals surface area contributed by atoms with Crippen LogP contribution in [0.4, 0.5) is 0 Å². The van der Waals surface area contributed by atoms with E-state index < -0.39 is 0 Å². The minimum Gasteiger partial charge on any atom is -0.465 e. The standard InChI is InChI=1S/C54H104O6/c1-7-13-17-28-41-51(37-16-10-4)47-60-54(57)44-34-27-26-31-40-50(38-29-22-18-20-24-32-42-52(55)58-45-48(11-5)35-14-8-2)39-30-23-19-21-25-33-43-53(56)59-46-49(12-6)36-15-9-3/h48-51H,7-47H2,1-6H3. The molecule has 0 bridgehead atoms. The zero-order valence-electron chi connectivity index (χ0n) is 41.3. The van der Waals surface area contributed by atoms with Gasteiger partial charge in [-0.1, -0.05) is 221 Å². The topological polar surface area (TPSA) is 78.9 Å². The van der Waals surface area contributed by atoms with Gasteiger partial charge in [0.2, 0.25) is 0 Å². The second kappa shape index (κ2) is 45.4. The molecule has 0 rings (SSSR count). The van der Waals surface area contributed by atoms with Crippen LogP contribution in [0.3, 0.4) is 0 Å². The predicted octanol–water partition coefficient (Wildman–Crippen LogP) is 17.0. The Labute approximate surface area is 374 Å². The highest BCUT2D eigenvalue weighted by Crippen LogP contribution is 2.25. The van der Waals surface area contributed by atoms with Crippen molar-refractivity contribution in [3.8, 4) is 0 Å². The van der Waals surface area contributed by atoms with Crippen LogP contribution in [0, 0.1) is 23.7 Å². The monoisotopic (exact) mass is 849 g/mol. The molecule has 0 aromatic rings. The van der Waals surface area contributed by atoms with Gasteiger partial charge in [-0.15, -0.1) is 0 Å². The fourth-order valence-electron chi connectivity index (χ4n) is 8.62. The van der Waals surface area contributed by atoms with E-state index >= 15 is 0 Å². The Hall–Kier alpha value is -1.59. The van der Waals surface area contributed by atoms with Crippen LogP contribution in [0.15, 0.2) is 0 Å². The maximum absolute atomic E-state index is 12.6. The minimum absolute atomic E-state index is 0.00800. The number of unbranched alkanes of at least 4 members (excludes halogenated alkanes) is 19. The number of esters is 3. The van der Waals surface area contributed by atoms with Crippen molar-refractivity contribution in [3.63, 3.8) is 0 Å². The van der Waals surface area contributed by atoms with Gasteiger partial charge in [-0.3, -0.25) is 14.4 Å². The quantitative estimate of drug-likeness (QED) is 0.0345. The van der Waals surface area contributed by atoms with Gasteiger partial charge in [0.1, 0.15) is 0 Å². The van der Waals surface area contributed by atoms with Crippen molar-refractivity contribution in [3.05, 3.63) is 0 Å². The fraction of sp³-hybridized carbons (Fsp3) is 0.944. The zero-order chi connectivity index (χ0) is 44.2. The summed E-state index contributed by atoms with van der Waals surface area (Å²) in [6.45, 7) is 15.1. The van der Waals surface area contributed by atoms with E-state index in [1.807, 2.05) is 0 Å². The summed E-state index contributed by atoms with van der Waals surface area (Å²) < 4.78 is 17.0. The number of carbonyl (C=O) groups excluding carboxylic acids is 3. The van der Waals surface area contributed by atoms with Crippen LogP contribution >= 0.6 is 0 Å². The lowest BCUT2D eigenvalue weighted by molar-refractivity contribution is -0.146. The van der Waals surface area contributed by atoms with E-state index in [1.54, 1.807) is 0 Å². The average molecular weight is 849 g/mol. The summed E-state index contributed by atoms with van der Waals surface area (Å²) in [6.07, 6.45) is 43.8. The maximum atomic E-state index is 12.6. The lowest BCUT2D eigenvalue weighted by Gasteiger charge is -2.17. The molecule has 3 atom stereocenters. The Kier molecular flexibility index (Phi) is 44.2. The molecule has 0 saturated carbocycles. The number of carbonyl (C=O) groups is 3. The van der Waals surface area contributed by atoms with Crippen molar-refractivity contribution in [2.45, 2.75) is 286 Å². The summed E-state index contributed by atoms with van der Waals surface area (Å²) in [4.78, 5) is 37.1. The van der Waals surface area contributed by atoms with Crippen molar-refractivity contribution < 1.29 is 28.6 Å². The Morgan fingerprint density at radius 1 is 0.283 bits per heavy atom. The van der Waals surface area contributed by atoms with Crippen LogP contribution in [0.2, 0.25) is 0 Å². The second-order valence-electron chi connectivity index (χ2n) is 18.9. The van der Waals surface area contributed by atoms with Crippen LogP contribution in [-0.2, 0) is 28.6 Å². The van der Waals surface area contributed by atoms with Gasteiger partial charge in [0.05, 0.1) is 19.8 Å². The molecule has 3 unspecified atom stereocenters. The third-order valence-corrected chi connectivity index (χ3v) is 13.2. The van der Waals surface area contributed by atoms with Gasteiger partial charge in [0.25, 0.3) is 0 Å². The van der Waals surface area contributed by atoms with Gasteiger partial charge in [0, 0.05) is 19.3 Å². The number of hydrogen-bond acceptors (Lipinski definition) is 6. The maximum Gasteiger partial charge on any atom is 0.305 e. The molecule has 0 aliphatic rings. The molecule has 6 heteroatoms. The van der Waals surface area contributed by atoms with Crippen LogP contribution < -0.4 is 0 Å². The zero-order valence-corrected chi connectivity index (χ0v) is 41.3. The molecule has 0 aromatic carbocycles. The summed E-state index contributed by atoms with van der Waals surface area (Å²) in [6, 6.07) is 0. The molecule has 0 aliphatic carbocycles. The van der Waals surface area contributed by atoms with Crippen molar-refractivity contribution in [2.75, 3.05) is 19.8 Å². The third kappa shape index (κ3) is 39.3. The van der Waals surface area contributed by atoms with Crippen LogP contribution in [-0.4, -0.2) is 37.7 Å². The van der Waals surface area contributed by atoms with Crippen molar-refractivity contribution >= 4 is 17.9 Å². The first-order valence-electron chi connectivity index (χ1n) is 26.8. The number of ether oxygens (including phenoxy) is 3. The Bertz CT molecular complexity index is 887. The summed E-state index contributed by atoms with van der Waals surface area (Å²) in [5.41, 5.74) is 0. The first-order valence-corrected chi connectivity index (χ1v) is 26.8. The summed E-state index contributed by atoms with van der Waals surface area (Å²) in [7, 11) is 0. The molecule has 0 heterocycles. The number of rotatable bonds is 47. The van der Waals surface area contributed by atoms with Gasteiger partial charge >= 0.3 is 17.9 Å². The normalized spacial score (nSPS) is 13.5. The molecule has 356 valence electrons. The molecular weight excluding hydrogens is 745 g/mol. The first-order chi connectivity index (χ1) is 29.3. The molecule has 0 aromatic heterocycles. The van der Waals surface area contributed by atoms with Gasteiger partial charge in [-0.25, -0.2) is 0 Å². The summed E-state index contributed by atoms with van der Waals surface area (Å²) in [5, 5.41) is 0. The van der Waals surface area contributed by atoms with Gasteiger partial charge in [-0.2, -0.15) is 0 Å². The smallest absolute Gasteiger partial charge is 0.305 e. The molecule has 6 nitrogen and oxygen atoms in total. The van der Waals surface area contributed by atoms with E-state index in [2.05, 4.69) is 41.5 Å². The average Bonchev–Trinajstić information content (AvgIpc) is 3.25. The molecule has 60 heavy (non-hydrogen) atoms. The molecule has 0 fully saturated rings. The van der Waals surface area contributed by atoms with Crippen LogP contribution in [0.25, 0.3) is 0 Å². The highest BCUT2D eigenvalue weighted by molar-refractivity contribution is 5.69. The molecule has 0 aliphatic heterocycles. The molecule has 0 saturated heterocycles. The van der Waals surface area contributed by atoms with Crippen LogP contribution in [0.1, 0.15) is 286 Å². The predicted molar refractivity (Wildman–Crippen MR) is 256 cm³/mol. The lowest BCUT2D eigenvalue weighted by Crippen LogP contribution is -2.14. The lowest BCUT2D eigenvalue weighted by atomic mass is 9.89. The summed E-state index contributed by atoms with van der Waals surface area (Å²) >= 11 is 0. The van der Waals surface area contributed by atoms with Crippen molar-refractivity contribution in [1.29, 1.82) is 0 Å². The highest BCUT2D eigenvalue weighted by atomic mass is 16.5. The van der Waals surface area contributed by atoms with Crippen molar-refractivity contribution in [2.24, 2.45) is 23.7 Å². The van der Waals surface area contributed by atoms with E-state index in [0.29, 0.717) is 56.8 Å². The fourth-order valence-corrected chi connectivity index (χ4v) is 8.62. The summed E-state index contributed by atoms with van der Waals surface area (Å²) in [5.74, 6) is 2.36. The largest absolute Gasteiger partial charge is 0.465 e. The molecule has 0 amide bonds. The molecule has 0 spiro atoms. The van der Waals surface area contributed by atoms with E-state index in [4.69, 9.17) is 14.2 Å². The SMILES string of the molecule is CCCCCCC(CCCC)COC(=O)CCCCCCC(CCCCCCCCC(=O)OCC(CC)CCCC)CCCCCCCCC(=O)OCC(CC)CCCC. The van der Waals surface area contributed by atoms with Crippen molar-refractivity contribution in [1.82, 2.24) is 0 Å². The van der Waals surface area contributed by atoms with E-state index in [1.165, 1.54) is 161 Å². The molecular formula is C54H104O6. The Balaban J connectivity index is 4.49. The van der Waals surface area contributed by atoms with Gasteiger partial charge in [0.15, 0.2) is 0 Å². The van der Waals surface area contributed by atoms with E-state index in [9.17, 15) is 14.4 Å². The van der Waals surface area contributed by atoms with E-state index in [0.717, 1.165) is 70.1 Å². The Morgan fingerprint density at radius 3 is 0.867 bits per heavy atom. The Morgan fingerprint density at radius 2 is 0.533 bits per heavy atom. The van der Waals surface area contributed by atoms with E-state index in [-0.39, 0.29) is 17.9 Å². The molecule has 0 N–H and O–H groups in total. The van der Waals surface area contributed by atoms with Crippen LogP contribution in [0.5, 0.6) is 0 Å². The molecule has 0 radical (unpaired) electrons. The van der Waals surface area contributed by atoms with Gasteiger partial charge < -0.3 is 14.2 Å². The second-order valence-corrected chi connectivity index (χ2v) is 18.9. The van der Waals surface area contributed by atoms with Gasteiger partial charge in [-0.05, 0) is 68.6 Å². The third-order valence-electron chi connectivity index (χ3n) is 13.2. The highest BCUT2D eigenvalue weighted by Gasteiger charge is 2.14. The first kappa shape index (κ1) is 58.4. The number of hydrogen-bond donors (Lipinski definition) is 0.